The molecule has 0 saturated heterocycles. The second-order valence-electron chi connectivity index (χ2n) is 5.57. The van der Waals surface area contributed by atoms with Crippen LogP contribution in [-0.4, -0.2) is 21.3 Å². The monoisotopic (exact) mass is 342 g/mol. The standard InChI is InChI=1S/C20H14N4O2/c25-20(17-13-18(26-24-17)15-9-5-2-6-10-15)21-19-12-11-16(22-23-19)14-7-3-1-4-8-14/h1-13H,(H,21,23,25). The summed E-state index contributed by atoms with van der Waals surface area (Å²) in [6.45, 7) is 0. The third-order valence-electron chi connectivity index (χ3n) is 3.78. The summed E-state index contributed by atoms with van der Waals surface area (Å²) in [5, 5.41) is 14.7. The van der Waals surface area contributed by atoms with Crippen LogP contribution in [0.25, 0.3) is 22.6 Å². The van der Waals surface area contributed by atoms with E-state index >= 15 is 0 Å². The number of nitrogens with one attached hydrogen (secondary N) is 1. The summed E-state index contributed by atoms with van der Waals surface area (Å²) in [5.41, 5.74) is 2.72. The van der Waals surface area contributed by atoms with Crippen molar-refractivity contribution in [3.8, 4) is 22.6 Å². The van der Waals surface area contributed by atoms with Crippen molar-refractivity contribution < 1.29 is 9.32 Å². The molecule has 6 heteroatoms. The fourth-order valence-corrected chi connectivity index (χ4v) is 2.46. The summed E-state index contributed by atoms with van der Waals surface area (Å²) in [6.07, 6.45) is 0. The maximum absolute atomic E-state index is 12.3. The van der Waals surface area contributed by atoms with Crippen molar-refractivity contribution in [3.05, 3.63) is 84.6 Å². The Morgan fingerprint density at radius 1 is 0.808 bits per heavy atom. The summed E-state index contributed by atoms with van der Waals surface area (Å²) >= 11 is 0. The van der Waals surface area contributed by atoms with Gasteiger partial charge in [-0.25, -0.2) is 0 Å². The largest absolute Gasteiger partial charge is 0.355 e. The van der Waals surface area contributed by atoms with Crippen LogP contribution in [0.1, 0.15) is 10.5 Å². The number of benzene rings is 2. The molecular weight excluding hydrogens is 328 g/mol. The molecule has 0 saturated carbocycles. The summed E-state index contributed by atoms with van der Waals surface area (Å²) in [5.74, 6) is 0.470. The number of hydrogen-bond acceptors (Lipinski definition) is 5. The van der Waals surface area contributed by atoms with Crippen molar-refractivity contribution in [3.63, 3.8) is 0 Å². The van der Waals surface area contributed by atoms with Crippen LogP contribution in [-0.2, 0) is 0 Å². The van der Waals surface area contributed by atoms with E-state index in [1.165, 1.54) is 0 Å². The zero-order valence-electron chi connectivity index (χ0n) is 13.7. The average molecular weight is 342 g/mol. The van der Waals surface area contributed by atoms with E-state index in [9.17, 15) is 4.79 Å². The van der Waals surface area contributed by atoms with E-state index in [2.05, 4.69) is 20.7 Å². The number of amides is 1. The van der Waals surface area contributed by atoms with E-state index in [1.807, 2.05) is 60.7 Å². The van der Waals surface area contributed by atoms with Crippen LogP contribution >= 0.6 is 0 Å². The number of rotatable bonds is 4. The Labute approximate surface area is 149 Å². The minimum atomic E-state index is -0.405. The van der Waals surface area contributed by atoms with Gasteiger partial charge < -0.3 is 9.84 Å². The lowest BCUT2D eigenvalue weighted by atomic mass is 10.1. The predicted molar refractivity (Wildman–Crippen MR) is 97.4 cm³/mol. The molecule has 1 amide bonds. The number of nitrogens with zero attached hydrogens (tertiary/aromatic N) is 3. The maximum Gasteiger partial charge on any atom is 0.279 e. The number of anilines is 1. The molecule has 2 aromatic carbocycles. The molecule has 0 fully saturated rings. The molecule has 0 bridgehead atoms. The second kappa shape index (κ2) is 6.98. The molecule has 126 valence electrons. The molecule has 1 N–H and O–H groups in total. The maximum atomic E-state index is 12.3. The highest BCUT2D eigenvalue weighted by Crippen LogP contribution is 2.20. The van der Waals surface area contributed by atoms with Crippen LogP contribution in [0.5, 0.6) is 0 Å². The quantitative estimate of drug-likeness (QED) is 0.605. The topological polar surface area (TPSA) is 80.9 Å². The highest BCUT2D eigenvalue weighted by Gasteiger charge is 2.14. The minimum Gasteiger partial charge on any atom is -0.355 e. The normalized spacial score (nSPS) is 10.5. The predicted octanol–water partition coefficient (Wildman–Crippen LogP) is 4.05. The van der Waals surface area contributed by atoms with Crippen LogP contribution in [0, 0.1) is 0 Å². The van der Waals surface area contributed by atoms with Crippen molar-refractivity contribution in [1.82, 2.24) is 15.4 Å². The smallest absolute Gasteiger partial charge is 0.279 e. The van der Waals surface area contributed by atoms with Crippen molar-refractivity contribution in [2.45, 2.75) is 0 Å². The van der Waals surface area contributed by atoms with Gasteiger partial charge in [0.05, 0.1) is 5.69 Å². The fourth-order valence-electron chi connectivity index (χ4n) is 2.46. The van der Waals surface area contributed by atoms with Gasteiger partial charge in [0.2, 0.25) is 0 Å². The second-order valence-corrected chi connectivity index (χ2v) is 5.57. The van der Waals surface area contributed by atoms with Gasteiger partial charge in [0.1, 0.15) is 0 Å². The molecule has 0 spiro atoms. The van der Waals surface area contributed by atoms with Crippen LogP contribution in [0.4, 0.5) is 5.82 Å². The summed E-state index contributed by atoms with van der Waals surface area (Å²) in [4.78, 5) is 12.3. The van der Waals surface area contributed by atoms with Gasteiger partial charge in [0.15, 0.2) is 17.3 Å². The van der Waals surface area contributed by atoms with Gasteiger partial charge >= 0.3 is 0 Å². The van der Waals surface area contributed by atoms with Gasteiger partial charge in [0, 0.05) is 17.2 Å². The molecule has 0 unspecified atom stereocenters. The van der Waals surface area contributed by atoms with Crippen LogP contribution < -0.4 is 5.32 Å². The van der Waals surface area contributed by atoms with Crippen LogP contribution in [0.2, 0.25) is 0 Å². The molecule has 4 aromatic rings. The summed E-state index contributed by atoms with van der Waals surface area (Å²) < 4.78 is 5.24. The Bertz CT molecular complexity index is 1010. The Morgan fingerprint density at radius 3 is 2.15 bits per heavy atom. The number of hydrogen-bond donors (Lipinski definition) is 1. The first kappa shape index (κ1) is 15.7. The molecule has 0 radical (unpaired) electrons. The van der Waals surface area contributed by atoms with E-state index in [0.717, 1.165) is 16.8 Å². The lowest BCUT2D eigenvalue weighted by molar-refractivity contribution is 0.101. The highest BCUT2D eigenvalue weighted by atomic mass is 16.5. The molecule has 26 heavy (non-hydrogen) atoms. The number of carbonyl (C=O) groups is 1. The molecule has 2 heterocycles. The summed E-state index contributed by atoms with van der Waals surface area (Å²) in [6, 6.07) is 24.3. The third-order valence-corrected chi connectivity index (χ3v) is 3.78. The first-order chi connectivity index (χ1) is 12.8. The Balaban J connectivity index is 1.48. The van der Waals surface area contributed by atoms with Crippen molar-refractivity contribution in [1.29, 1.82) is 0 Å². The first-order valence-corrected chi connectivity index (χ1v) is 8.02. The van der Waals surface area contributed by atoms with Crippen LogP contribution in [0.15, 0.2) is 83.4 Å². The van der Waals surface area contributed by atoms with E-state index < -0.39 is 5.91 Å². The van der Waals surface area contributed by atoms with Crippen LogP contribution in [0.3, 0.4) is 0 Å². The molecule has 0 atom stereocenters. The SMILES string of the molecule is O=C(Nc1ccc(-c2ccccc2)nn1)c1cc(-c2ccccc2)on1. The van der Waals surface area contributed by atoms with Crippen molar-refractivity contribution in [2.24, 2.45) is 0 Å². The van der Waals surface area contributed by atoms with Gasteiger partial charge in [-0.3, -0.25) is 4.79 Å². The molecule has 4 rings (SSSR count). The van der Waals surface area contributed by atoms with Gasteiger partial charge in [0.25, 0.3) is 5.91 Å². The number of carbonyl (C=O) groups excluding carboxylic acids is 1. The third kappa shape index (κ3) is 3.34. The van der Waals surface area contributed by atoms with Crippen molar-refractivity contribution >= 4 is 11.7 Å². The van der Waals surface area contributed by atoms with Gasteiger partial charge in [-0.05, 0) is 12.1 Å². The van der Waals surface area contributed by atoms with E-state index in [-0.39, 0.29) is 5.69 Å². The minimum absolute atomic E-state index is 0.179. The van der Waals surface area contributed by atoms with E-state index in [0.29, 0.717) is 11.6 Å². The summed E-state index contributed by atoms with van der Waals surface area (Å²) in [7, 11) is 0. The molecule has 0 aliphatic rings. The molecule has 6 nitrogen and oxygen atoms in total. The Kier molecular flexibility index (Phi) is 4.22. The molecule has 0 aliphatic heterocycles. The van der Waals surface area contributed by atoms with E-state index in [4.69, 9.17) is 4.52 Å². The lowest BCUT2D eigenvalue weighted by Gasteiger charge is -2.03. The molecular formula is C20H14N4O2. The van der Waals surface area contributed by atoms with E-state index in [1.54, 1.807) is 18.2 Å². The lowest BCUT2D eigenvalue weighted by Crippen LogP contribution is -2.13. The Hall–Kier alpha value is -3.80. The Morgan fingerprint density at radius 2 is 1.50 bits per heavy atom. The first-order valence-electron chi connectivity index (χ1n) is 8.02. The zero-order valence-corrected chi connectivity index (χ0v) is 13.7. The number of aromatic nitrogens is 3. The van der Waals surface area contributed by atoms with Gasteiger partial charge in [-0.15, -0.1) is 10.2 Å². The fraction of sp³-hybridized carbons (Fsp3) is 0. The molecule has 2 aromatic heterocycles. The zero-order chi connectivity index (χ0) is 17.8. The van der Waals surface area contributed by atoms with Gasteiger partial charge in [-0.2, -0.15) is 0 Å². The molecule has 0 aliphatic carbocycles. The van der Waals surface area contributed by atoms with Gasteiger partial charge in [-0.1, -0.05) is 65.8 Å². The van der Waals surface area contributed by atoms with Crippen molar-refractivity contribution in [2.75, 3.05) is 5.32 Å². The average Bonchev–Trinajstić information content (AvgIpc) is 3.20. The highest BCUT2D eigenvalue weighted by molar-refractivity contribution is 6.02.